The van der Waals surface area contributed by atoms with Crippen LogP contribution in [0.2, 0.25) is 0 Å². The minimum atomic E-state index is -5.33. The van der Waals surface area contributed by atoms with Crippen molar-refractivity contribution in [3.8, 4) is 28.5 Å². The molecule has 0 spiro atoms. The van der Waals surface area contributed by atoms with Crippen molar-refractivity contribution in [3.05, 3.63) is 71.2 Å². The Morgan fingerprint density at radius 1 is 1.13 bits per heavy atom. The van der Waals surface area contributed by atoms with Crippen molar-refractivity contribution in [3.63, 3.8) is 0 Å². The lowest BCUT2D eigenvalue weighted by atomic mass is 9.82. The molecule has 2 aromatic carbocycles. The van der Waals surface area contributed by atoms with Crippen LogP contribution in [0.1, 0.15) is 41.4 Å². The number of methoxy groups -OCH3 is 1. The van der Waals surface area contributed by atoms with E-state index in [4.69, 9.17) is 9.47 Å². The Labute approximate surface area is 254 Å². The van der Waals surface area contributed by atoms with Gasteiger partial charge in [-0.15, -0.1) is 0 Å². The Morgan fingerprint density at radius 3 is 2.47 bits per heavy atom. The molecule has 14 heteroatoms. The highest BCUT2D eigenvalue weighted by molar-refractivity contribution is 5.95. The molecular weight excluding hydrogens is 608 g/mol. The Kier molecular flexibility index (Phi) is 8.91. The van der Waals surface area contributed by atoms with E-state index in [1.807, 2.05) is 6.92 Å². The molecule has 8 nitrogen and oxygen atoms in total. The van der Waals surface area contributed by atoms with Gasteiger partial charge in [-0.05, 0) is 73.8 Å². The highest BCUT2D eigenvalue weighted by Gasteiger charge is 2.57. The number of hydrogen-bond acceptors (Lipinski definition) is 7. The van der Waals surface area contributed by atoms with Crippen LogP contribution in [-0.4, -0.2) is 62.1 Å². The van der Waals surface area contributed by atoms with Gasteiger partial charge in [0, 0.05) is 28.7 Å². The Bertz CT molecular complexity index is 1550. The number of benzene rings is 2. The quantitative estimate of drug-likeness (QED) is 0.231. The van der Waals surface area contributed by atoms with Crippen LogP contribution in [0.3, 0.4) is 0 Å². The van der Waals surface area contributed by atoms with Crippen LogP contribution in [-0.2, 0) is 11.0 Å². The zero-order valence-corrected chi connectivity index (χ0v) is 24.3. The molecular formula is C31H31F6N3O5. The van der Waals surface area contributed by atoms with Gasteiger partial charge in [0.2, 0.25) is 5.60 Å². The van der Waals surface area contributed by atoms with Gasteiger partial charge in [-0.2, -0.15) is 22.0 Å². The Balaban J connectivity index is 1.51. The minimum Gasteiger partial charge on any atom is -0.493 e. The van der Waals surface area contributed by atoms with Crippen molar-refractivity contribution in [1.29, 1.82) is 0 Å². The fraction of sp³-hybridized carbons (Fsp3) is 0.419. The third-order valence-electron chi connectivity index (χ3n) is 7.96. The summed E-state index contributed by atoms with van der Waals surface area (Å²) in [6, 6.07) is 9.15. The summed E-state index contributed by atoms with van der Waals surface area (Å²) in [7, 11) is 1.13. The molecule has 3 N–H and O–H groups in total. The topological polar surface area (TPSA) is 102 Å². The number of nitrogens with zero attached hydrogens (tertiary/aromatic N) is 1. The van der Waals surface area contributed by atoms with E-state index in [0.717, 1.165) is 62.9 Å². The van der Waals surface area contributed by atoms with Crippen molar-refractivity contribution >= 4 is 5.91 Å². The number of ether oxygens (including phenoxy) is 3. The predicted molar refractivity (Wildman–Crippen MR) is 150 cm³/mol. The minimum absolute atomic E-state index is 0.0261. The number of carbonyl (C=O) groups is 1. The van der Waals surface area contributed by atoms with Gasteiger partial charge in [0.05, 0.1) is 26.0 Å². The first-order chi connectivity index (χ1) is 21.2. The number of carbonyl (C=O) groups excluding carboxylic acids is 1. The van der Waals surface area contributed by atoms with E-state index in [9.17, 15) is 36.2 Å². The smallest absolute Gasteiger partial charge is 0.424 e. The summed E-state index contributed by atoms with van der Waals surface area (Å²) < 4.78 is 98.5. The SMILES string of the molecule is COc1cc(C(=O)NC[C@](O)(c2cc3c(c(-c4ccc(F)cc4)n2)OC[C@]3(C)CNCC2CC2)C(F)(F)F)ccc1OC(F)F. The summed E-state index contributed by atoms with van der Waals surface area (Å²) in [5.41, 5.74) is -4.92. The summed E-state index contributed by atoms with van der Waals surface area (Å²) in [6.07, 6.45) is -3.12. The van der Waals surface area contributed by atoms with Crippen LogP contribution < -0.4 is 24.8 Å². The average molecular weight is 640 g/mol. The molecule has 2 atom stereocenters. The third-order valence-corrected chi connectivity index (χ3v) is 7.96. The molecule has 1 fully saturated rings. The molecule has 1 aliphatic heterocycles. The van der Waals surface area contributed by atoms with Gasteiger partial charge in [-0.3, -0.25) is 4.79 Å². The van der Waals surface area contributed by atoms with E-state index in [0.29, 0.717) is 18.0 Å². The van der Waals surface area contributed by atoms with Gasteiger partial charge < -0.3 is 30.0 Å². The van der Waals surface area contributed by atoms with Gasteiger partial charge in [0.25, 0.3) is 5.91 Å². The fourth-order valence-corrected chi connectivity index (χ4v) is 5.12. The highest BCUT2D eigenvalue weighted by atomic mass is 19.4. The molecule has 1 saturated carbocycles. The molecule has 0 unspecified atom stereocenters. The van der Waals surface area contributed by atoms with Crippen LogP contribution in [0.4, 0.5) is 26.3 Å². The summed E-state index contributed by atoms with van der Waals surface area (Å²) in [5.74, 6) is -1.51. The molecule has 1 aliphatic carbocycles. The van der Waals surface area contributed by atoms with E-state index in [-0.39, 0.29) is 40.7 Å². The number of alkyl halides is 5. The number of hydrogen-bond donors (Lipinski definition) is 3. The maximum absolute atomic E-state index is 14.7. The number of aliphatic hydroxyl groups is 1. The molecule has 0 radical (unpaired) electrons. The first kappa shape index (κ1) is 32.4. The molecule has 1 amide bonds. The highest BCUT2D eigenvalue weighted by Crippen LogP contribution is 2.47. The van der Waals surface area contributed by atoms with Crippen LogP contribution in [0.25, 0.3) is 11.3 Å². The molecule has 5 rings (SSSR count). The van der Waals surface area contributed by atoms with Gasteiger partial charge in [-0.25, -0.2) is 9.37 Å². The molecule has 45 heavy (non-hydrogen) atoms. The Morgan fingerprint density at radius 2 is 1.84 bits per heavy atom. The van der Waals surface area contributed by atoms with Crippen molar-refractivity contribution in [2.75, 3.05) is 33.4 Å². The average Bonchev–Trinajstić information content (AvgIpc) is 3.76. The fourth-order valence-electron chi connectivity index (χ4n) is 5.12. The first-order valence-electron chi connectivity index (χ1n) is 14.1. The van der Waals surface area contributed by atoms with Gasteiger partial charge in [0.15, 0.2) is 11.5 Å². The number of rotatable bonds is 12. The van der Waals surface area contributed by atoms with Crippen LogP contribution >= 0.6 is 0 Å². The van der Waals surface area contributed by atoms with E-state index in [1.165, 1.54) is 12.1 Å². The number of nitrogens with one attached hydrogen (secondary N) is 2. The summed E-state index contributed by atoms with van der Waals surface area (Å²) in [4.78, 5) is 17.1. The molecule has 1 aromatic heterocycles. The van der Waals surface area contributed by atoms with E-state index >= 15 is 0 Å². The van der Waals surface area contributed by atoms with Gasteiger partial charge in [-0.1, -0.05) is 6.92 Å². The normalized spacial score (nSPS) is 19.1. The molecule has 0 saturated heterocycles. The number of aromatic nitrogens is 1. The standard InChI is InChI=1S/C31H31F6N3O5/c1-29(14-38-13-17-3-4-17)16-44-26-21(29)12-24(40-25(26)18-5-8-20(32)9-6-18)30(42,31(35,36)37)15-39-27(41)19-7-10-22(45-28(33)34)23(11-19)43-2/h5-12,17,28,38,42H,3-4,13-16H2,1-2H3,(H,39,41)/t29-,30-/m0/s1. The lowest BCUT2D eigenvalue weighted by Crippen LogP contribution is -2.51. The first-order valence-corrected chi connectivity index (χ1v) is 14.1. The zero-order valence-electron chi connectivity index (χ0n) is 24.3. The van der Waals surface area contributed by atoms with Crippen molar-refractivity contribution in [1.82, 2.24) is 15.6 Å². The van der Waals surface area contributed by atoms with Crippen LogP contribution in [0.5, 0.6) is 17.2 Å². The summed E-state index contributed by atoms with van der Waals surface area (Å²) in [5, 5.41) is 16.7. The monoisotopic (exact) mass is 639 g/mol. The zero-order chi connectivity index (χ0) is 32.6. The summed E-state index contributed by atoms with van der Waals surface area (Å²) in [6.45, 7) is -1.47. The second-order valence-electron chi connectivity index (χ2n) is 11.4. The lowest BCUT2D eigenvalue weighted by Gasteiger charge is -2.32. The predicted octanol–water partition coefficient (Wildman–Crippen LogP) is 5.33. The van der Waals surface area contributed by atoms with Crippen molar-refractivity contribution < 1.29 is 50.5 Å². The maximum atomic E-state index is 14.7. The Hall–Kier alpha value is -4.04. The van der Waals surface area contributed by atoms with Gasteiger partial charge >= 0.3 is 12.8 Å². The lowest BCUT2D eigenvalue weighted by molar-refractivity contribution is -0.265. The molecule has 3 aromatic rings. The number of halogens is 6. The van der Waals surface area contributed by atoms with E-state index in [1.54, 1.807) is 0 Å². The number of pyridine rings is 1. The van der Waals surface area contributed by atoms with Crippen molar-refractivity contribution in [2.45, 2.75) is 43.6 Å². The molecule has 2 heterocycles. The summed E-state index contributed by atoms with van der Waals surface area (Å²) >= 11 is 0. The second-order valence-corrected chi connectivity index (χ2v) is 11.4. The van der Waals surface area contributed by atoms with E-state index in [2.05, 4.69) is 20.4 Å². The number of amides is 1. The molecule has 242 valence electrons. The molecule has 0 bridgehead atoms. The van der Waals surface area contributed by atoms with Crippen LogP contribution in [0.15, 0.2) is 48.5 Å². The largest absolute Gasteiger partial charge is 0.493 e. The van der Waals surface area contributed by atoms with Crippen LogP contribution in [0, 0.1) is 11.7 Å². The van der Waals surface area contributed by atoms with E-state index < -0.39 is 47.8 Å². The van der Waals surface area contributed by atoms with Crippen molar-refractivity contribution in [2.24, 2.45) is 5.92 Å². The number of fused-ring (bicyclic) bond motifs is 1. The molecule has 2 aliphatic rings. The maximum Gasteiger partial charge on any atom is 0.424 e. The third kappa shape index (κ3) is 6.81. The second kappa shape index (κ2) is 12.4. The van der Waals surface area contributed by atoms with Gasteiger partial charge in [0.1, 0.15) is 17.3 Å².